The van der Waals surface area contributed by atoms with Crippen molar-refractivity contribution in [3.8, 4) is 23.6 Å². The number of nitriles is 2. The molecule has 0 amide bonds. The van der Waals surface area contributed by atoms with E-state index >= 15 is 0 Å². The minimum absolute atomic E-state index is 0.281. The average Bonchev–Trinajstić information content (AvgIpc) is 2.77. The number of rotatable bonds is 5. The van der Waals surface area contributed by atoms with Crippen LogP contribution < -0.4 is 4.74 Å². The molecule has 0 aliphatic rings. The van der Waals surface area contributed by atoms with Gasteiger partial charge in [0.15, 0.2) is 0 Å². The standard InChI is InChI=1S/C17H18N2O.C9H9NO/c1-13-10-15(12-18)11-14(2)17(13)20-9-5-7-16-6-3-4-8-19-16;1-6-3-8(5-10)4-7(2)9(6)11/h3-4,6,8,10-11H,5,7,9H2,1-2H3;3-4,11H,1-2H3. The van der Waals surface area contributed by atoms with Gasteiger partial charge in [0, 0.05) is 11.9 Å². The Morgan fingerprint density at radius 1 is 0.871 bits per heavy atom. The van der Waals surface area contributed by atoms with E-state index in [0.29, 0.717) is 17.7 Å². The van der Waals surface area contributed by atoms with Crippen LogP contribution in [0.15, 0.2) is 48.7 Å². The Morgan fingerprint density at radius 3 is 1.90 bits per heavy atom. The maximum absolute atomic E-state index is 9.32. The molecular formula is C26H27N3O2. The Labute approximate surface area is 184 Å². The quantitative estimate of drug-likeness (QED) is 0.561. The van der Waals surface area contributed by atoms with Crippen LogP contribution in [0.3, 0.4) is 0 Å². The maximum Gasteiger partial charge on any atom is 0.125 e. The third-order valence-electron chi connectivity index (χ3n) is 4.76. The summed E-state index contributed by atoms with van der Waals surface area (Å²) in [4.78, 5) is 4.29. The molecule has 5 nitrogen and oxygen atoms in total. The molecule has 0 spiro atoms. The van der Waals surface area contributed by atoms with Gasteiger partial charge in [0.05, 0.1) is 29.9 Å². The van der Waals surface area contributed by atoms with Gasteiger partial charge in [0.25, 0.3) is 0 Å². The first kappa shape index (κ1) is 23.4. The number of nitrogens with zero attached hydrogens (tertiary/aromatic N) is 3. The molecule has 0 radical (unpaired) electrons. The van der Waals surface area contributed by atoms with Crippen LogP contribution in [-0.2, 0) is 6.42 Å². The summed E-state index contributed by atoms with van der Waals surface area (Å²) in [6.07, 6.45) is 3.65. The van der Waals surface area contributed by atoms with Crippen molar-refractivity contribution in [1.82, 2.24) is 4.98 Å². The minimum Gasteiger partial charge on any atom is -0.507 e. The Morgan fingerprint density at radius 2 is 1.42 bits per heavy atom. The van der Waals surface area contributed by atoms with Gasteiger partial charge in [0.1, 0.15) is 11.5 Å². The van der Waals surface area contributed by atoms with Gasteiger partial charge in [-0.25, -0.2) is 0 Å². The Bertz CT molecular complexity index is 1060. The summed E-state index contributed by atoms with van der Waals surface area (Å²) in [7, 11) is 0. The number of phenolic OH excluding ortho intramolecular Hbond substituents is 1. The van der Waals surface area contributed by atoms with E-state index in [4.69, 9.17) is 15.3 Å². The highest BCUT2D eigenvalue weighted by molar-refractivity contribution is 5.47. The molecule has 158 valence electrons. The second kappa shape index (κ2) is 11.4. The Kier molecular flexibility index (Phi) is 8.61. The smallest absolute Gasteiger partial charge is 0.125 e. The van der Waals surface area contributed by atoms with Gasteiger partial charge in [-0.1, -0.05) is 6.07 Å². The average molecular weight is 414 g/mol. The van der Waals surface area contributed by atoms with Crippen LogP contribution in [0.4, 0.5) is 0 Å². The van der Waals surface area contributed by atoms with Gasteiger partial charge in [-0.05, 0) is 99.2 Å². The number of benzene rings is 2. The summed E-state index contributed by atoms with van der Waals surface area (Å²) < 4.78 is 5.85. The van der Waals surface area contributed by atoms with E-state index in [9.17, 15) is 5.11 Å². The molecule has 3 aromatic rings. The fourth-order valence-electron chi connectivity index (χ4n) is 3.24. The van der Waals surface area contributed by atoms with Crippen molar-refractivity contribution in [1.29, 1.82) is 10.5 Å². The van der Waals surface area contributed by atoms with Crippen molar-refractivity contribution < 1.29 is 9.84 Å². The summed E-state index contributed by atoms with van der Waals surface area (Å²) in [5.74, 6) is 1.18. The summed E-state index contributed by atoms with van der Waals surface area (Å²) in [6.45, 7) is 8.17. The molecule has 0 saturated carbocycles. The fourth-order valence-corrected chi connectivity index (χ4v) is 3.24. The number of phenols is 1. The van der Waals surface area contributed by atoms with Crippen molar-refractivity contribution in [2.24, 2.45) is 0 Å². The number of hydrogen-bond donors (Lipinski definition) is 1. The van der Waals surface area contributed by atoms with E-state index in [2.05, 4.69) is 11.1 Å². The summed E-state index contributed by atoms with van der Waals surface area (Å²) in [5, 5.41) is 26.8. The van der Waals surface area contributed by atoms with Crippen LogP contribution in [0.5, 0.6) is 11.5 Å². The zero-order valence-corrected chi connectivity index (χ0v) is 18.4. The largest absolute Gasteiger partial charge is 0.507 e. The number of ether oxygens (including phenoxy) is 1. The zero-order valence-electron chi connectivity index (χ0n) is 18.4. The van der Waals surface area contributed by atoms with Gasteiger partial charge >= 0.3 is 0 Å². The lowest BCUT2D eigenvalue weighted by Gasteiger charge is -2.12. The third kappa shape index (κ3) is 6.87. The molecule has 1 aromatic heterocycles. The van der Waals surface area contributed by atoms with Gasteiger partial charge in [-0.15, -0.1) is 0 Å². The number of aromatic hydroxyl groups is 1. The predicted molar refractivity (Wildman–Crippen MR) is 121 cm³/mol. The second-order valence-corrected chi connectivity index (χ2v) is 7.39. The van der Waals surface area contributed by atoms with Crippen LogP contribution in [0.25, 0.3) is 0 Å². The number of hydrogen-bond acceptors (Lipinski definition) is 5. The SMILES string of the molecule is Cc1cc(C#N)cc(C)c1O.Cc1cc(C#N)cc(C)c1OCCCc1ccccn1. The summed E-state index contributed by atoms with van der Waals surface area (Å²) >= 11 is 0. The molecule has 31 heavy (non-hydrogen) atoms. The lowest BCUT2D eigenvalue weighted by molar-refractivity contribution is 0.306. The first-order valence-electron chi connectivity index (χ1n) is 10.1. The highest BCUT2D eigenvalue weighted by atomic mass is 16.5. The highest BCUT2D eigenvalue weighted by Crippen LogP contribution is 2.25. The third-order valence-corrected chi connectivity index (χ3v) is 4.76. The van der Waals surface area contributed by atoms with E-state index in [1.54, 1.807) is 26.0 Å². The van der Waals surface area contributed by atoms with Crippen LogP contribution in [-0.4, -0.2) is 16.7 Å². The number of pyridine rings is 1. The lowest BCUT2D eigenvalue weighted by atomic mass is 10.1. The van der Waals surface area contributed by atoms with E-state index in [1.807, 2.05) is 56.4 Å². The van der Waals surface area contributed by atoms with Crippen molar-refractivity contribution in [3.05, 3.63) is 87.7 Å². The number of aromatic nitrogens is 1. The van der Waals surface area contributed by atoms with Crippen LogP contribution >= 0.6 is 0 Å². The molecule has 2 aromatic carbocycles. The molecule has 0 aliphatic heterocycles. The van der Waals surface area contributed by atoms with Crippen LogP contribution in [0, 0.1) is 50.4 Å². The molecule has 1 heterocycles. The molecule has 5 heteroatoms. The Hall–Kier alpha value is -3.83. The maximum atomic E-state index is 9.32. The molecule has 0 atom stereocenters. The van der Waals surface area contributed by atoms with Crippen LogP contribution in [0.2, 0.25) is 0 Å². The molecule has 0 fully saturated rings. The van der Waals surface area contributed by atoms with Crippen molar-refractivity contribution in [3.63, 3.8) is 0 Å². The molecule has 0 saturated heterocycles. The summed E-state index contributed by atoms with van der Waals surface area (Å²) in [5.41, 5.74) is 5.89. The fraction of sp³-hybridized carbons (Fsp3) is 0.269. The minimum atomic E-state index is 0.281. The normalized spacial score (nSPS) is 9.74. The molecule has 0 bridgehead atoms. The number of aryl methyl sites for hydroxylation is 5. The molecule has 3 rings (SSSR count). The van der Waals surface area contributed by atoms with Gasteiger partial charge in [-0.2, -0.15) is 10.5 Å². The van der Waals surface area contributed by atoms with Gasteiger partial charge in [-0.3, -0.25) is 4.98 Å². The van der Waals surface area contributed by atoms with Gasteiger partial charge in [0.2, 0.25) is 0 Å². The van der Waals surface area contributed by atoms with Crippen molar-refractivity contribution in [2.45, 2.75) is 40.5 Å². The predicted octanol–water partition coefficient (Wildman–Crippen LogP) is 5.46. The first-order valence-corrected chi connectivity index (χ1v) is 10.1. The van der Waals surface area contributed by atoms with E-state index in [0.717, 1.165) is 46.5 Å². The lowest BCUT2D eigenvalue weighted by Crippen LogP contribution is -2.03. The van der Waals surface area contributed by atoms with Crippen molar-refractivity contribution >= 4 is 0 Å². The summed E-state index contributed by atoms with van der Waals surface area (Å²) in [6, 6.07) is 17.2. The monoisotopic (exact) mass is 413 g/mol. The first-order chi connectivity index (χ1) is 14.8. The van der Waals surface area contributed by atoms with E-state index < -0.39 is 0 Å². The molecular weight excluding hydrogens is 386 g/mol. The van der Waals surface area contributed by atoms with Crippen molar-refractivity contribution in [2.75, 3.05) is 6.61 Å². The van der Waals surface area contributed by atoms with Gasteiger partial charge < -0.3 is 9.84 Å². The van der Waals surface area contributed by atoms with Crippen LogP contribution in [0.1, 0.15) is 45.5 Å². The zero-order chi connectivity index (χ0) is 22.8. The van der Waals surface area contributed by atoms with E-state index in [-0.39, 0.29) is 5.75 Å². The molecule has 0 unspecified atom stereocenters. The second-order valence-electron chi connectivity index (χ2n) is 7.39. The highest BCUT2D eigenvalue weighted by Gasteiger charge is 2.06. The molecule has 0 aliphatic carbocycles. The Balaban J connectivity index is 0.000000262. The molecule has 1 N–H and O–H groups in total. The van der Waals surface area contributed by atoms with E-state index in [1.165, 1.54) is 0 Å². The topological polar surface area (TPSA) is 89.9 Å².